The predicted molar refractivity (Wildman–Crippen MR) is 154 cm³/mol. The van der Waals surface area contributed by atoms with Gasteiger partial charge in [0.2, 0.25) is 0 Å². The number of halogens is 3. The summed E-state index contributed by atoms with van der Waals surface area (Å²) in [6.45, 7) is 2.73. The Labute approximate surface area is 228 Å². The SMILES string of the molecule is C=IC(F)(F)c1cccc(-c2nc3c(NC(=O)c4cccc(CN5CCCC5)n4)cccc3c(=O)n2C)c1. The zero-order chi connectivity index (χ0) is 26.9. The van der Waals surface area contributed by atoms with Gasteiger partial charge in [-0.1, -0.05) is 34.8 Å². The number of carbonyl (C=O) groups is 1. The maximum absolute atomic E-state index is 14.4. The molecule has 1 amide bonds. The normalized spacial score (nSPS) is 14.2. The van der Waals surface area contributed by atoms with Crippen LogP contribution in [0.5, 0.6) is 0 Å². The smallest absolute Gasteiger partial charge is 0.316 e. The molecule has 196 valence electrons. The summed E-state index contributed by atoms with van der Waals surface area (Å²) in [6, 6.07) is 16.1. The third kappa shape index (κ3) is 5.28. The molecule has 0 saturated carbocycles. The topological polar surface area (TPSA) is 80.1 Å². The molecule has 0 spiro atoms. The van der Waals surface area contributed by atoms with Crippen molar-refractivity contribution in [2.24, 2.45) is 7.05 Å². The number of benzene rings is 2. The molecule has 0 radical (unpaired) electrons. The van der Waals surface area contributed by atoms with Gasteiger partial charge in [-0.2, -0.15) is 8.78 Å². The number of carbonyl (C=O) groups excluding carboxylic acids is 1. The maximum Gasteiger partial charge on any atom is 0.316 e. The minimum Gasteiger partial charge on any atom is -0.319 e. The zero-order valence-electron chi connectivity index (χ0n) is 20.8. The Hall–Kier alpha value is -3.38. The summed E-state index contributed by atoms with van der Waals surface area (Å²) in [5.41, 5.74) is 1.54. The van der Waals surface area contributed by atoms with Gasteiger partial charge in [0.05, 0.1) is 16.8 Å². The molecule has 1 aliphatic rings. The number of fused-ring (bicyclic) bond motifs is 1. The van der Waals surface area contributed by atoms with Crippen molar-refractivity contribution in [3.8, 4) is 11.4 Å². The first kappa shape index (κ1) is 26.2. The van der Waals surface area contributed by atoms with E-state index in [0.29, 0.717) is 23.2 Å². The number of hydrogen-bond acceptors (Lipinski definition) is 5. The third-order valence-electron chi connectivity index (χ3n) is 6.59. The summed E-state index contributed by atoms with van der Waals surface area (Å²) in [6.07, 6.45) is 2.33. The van der Waals surface area contributed by atoms with E-state index < -0.39 is 30.6 Å². The Bertz CT molecular complexity index is 1600. The van der Waals surface area contributed by atoms with E-state index in [1.165, 1.54) is 35.6 Å². The highest BCUT2D eigenvalue weighted by molar-refractivity contribution is 14.2. The highest BCUT2D eigenvalue weighted by atomic mass is 127. The molecule has 38 heavy (non-hydrogen) atoms. The van der Waals surface area contributed by atoms with Gasteiger partial charge in [-0.15, -0.1) is 0 Å². The molecule has 3 heterocycles. The summed E-state index contributed by atoms with van der Waals surface area (Å²) in [4.78, 5) is 37.9. The number of anilines is 1. The molecule has 10 heteroatoms. The van der Waals surface area contributed by atoms with Crippen molar-refractivity contribution in [3.05, 3.63) is 88.0 Å². The number of aromatic nitrogens is 3. The molecule has 0 bridgehead atoms. The van der Waals surface area contributed by atoms with Crippen LogP contribution in [0.3, 0.4) is 0 Å². The summed E-state index contributed by atoms with van der Waals surface area (Å²) in [5.74, 6) is -0.208. The van der Waals surface area contributed by atoms with E-state index in [2.05, 4.69) is 24.7 Å². The van der Waals surface area contributed by atoms with Gasteiger partial charge in [-0.05, 0) is 77.0 Å². The van der Waals surface area contributed by atoms with Crippen LogP contribution in [0.15, 0.2) is 65.5 Å². The summed E-state index contributed by atoms with van der Waals surface area (Å²) < 4.78 is 30.5. The minimum absolute atomic E-state index is 0.159. The first-order valence-corrected chi connectivity index (χ1v) is 14.7. The van der Waals surface area contributed by atoms with Crippen LogP contribution in [-0.4, -0.2) is 42.9 Å². The van der Waals surface area contributed by atoms with Gasteiger partial charge in [0, 0.05) is 24.7 Å². The number of para-hydroxylation sites is 1. The molecule has 7 nitrogen and oxygen atoms in total. The first-order valence-electron chi connectivity index (χ1n) is 12.1. The van der Waals surface area contributed by atoms with Crippen molar-refractivity contribution < 1.29 is 13.6 Å². The fourth-order valence-corrected chi connectivity index (χ4v) is 5.39. The van der Waals surface area contributed by atoms with Gasteiger partial charge in [0.1, 0.15) is 17.0 Å². The van der Waals surface area contributed by atoms with Crippen LogP contribution < -0.4 is 10.9 Å². The van der Waals surface area contributed by atoms with E-state index >= 15 is 0 Å². The van der Waals surface area contributed by atoms with E-state index in [1.54, 1.807) is 43.4 Å². The Morgan fingerprint density at radius 1 is 1.08 bits per heavy atom. The number of amides is 1. The number of nitrogens with one attached hydrogen (secondary N) is 1. The van der Waals surface area contributed by atoms with Crippen LogP contribution in [0.2, 0.25) is 0 Å². The number of hydrogen-bond donors (Lipinski definition) is 1. The van der Waals surface area contributed by atoms with Crippen molar-refractivity contribution in [1.29, 1.82) is 0 Å². The zero-order valence-corrected chi connectivity index (χ0v) is 22.9. The monoisotopic (exact) mass is 629 g/mol. The predicted octanol–water partition coefficient (Wildman–Crippen LogP) is 5.30. The van der Waals surface area contributed by atoms with Crippen molar-refractivity contribution >= 4 is 47.7 Å². The van der Waals surface area contributed by atoms with Gasteiger partial charge in [-0.3, -0.25) is 19.1 Å². The van der Waals surface area contributed by atoms with E-state index in [1.807, 2.05) is 6.07 Å². The third-order valence-corrected chi connectivity index (χ3v) is 8.18. The second kappa shape index (κ2) is 10.8. The van der Waals surface area contributed by atoms with E-state index in [9.17, 15) is 18.4 Å². The van der Waals surface area contributed by atoms with Crippen LogP contribution in [0.25, 0.3) is 22.3 Å². The molecule has 0 aliphatic carbocycles. The molecule has 2 aromatic carbocycles. The van der Waals surface area contributed by atoms with Crippen molar-refractivity contribution in [2.45, 2.75) is 23.3 Å². The summed E-state index contributed by atoms with van der Waals surface area (Å²) in [5, 5.41) is 3.14. The molecule has 0 unspecified atom stereocenters. The fourth-order valence-electron chi connectivity index (χ4n) is 4.62. The molecule has 1 saturated heterocycles. The van der Waals surface area contributed by atoms with Crippen molar-refractivity contribution in [2.75, 3.05) is 18.4 Å². The standard InChI is InChI=1S/C28H26F2IN5O2/c1-31-28(29,30)19-9-5-8-18(16-19)25-34-24-21(27(38)35(25)2)11-7-12-22(24)33-26(37)23-13-6-10-20(32-23)17-36-14-3-4-15-36/h5-13,16H,1,3-4,14-15,17H2,2H3,(H,33,37). The molecule has 5 rings (SSSR count). The van der Waals surface area contributed by atoms with E-state index in [0.717, 1.165) is 18.8 Å². The second-order valence-corrected chi connectivity index (χ2v) is 11.3. The second-order valence-electron chi connectivity index (χ2n) is 9.17. The van der Waals surface area contributed by atoms with Crippen LogP contribution in [0.4, 0.5) is 14.5 Å². The largest absolute Gasteiger partial charge is 0.319 e. The molecular formula is C28H26F2IN5O2. The number of alkyl halides is 3. The molecule has 0 atom stereocenters. The first-order chi connectivity index (χ1) is 18.3. The lowest BCUT2D eigenvalue weighted by Gasteiger charge is -2.15. The Kier molecular flexibility index (Phi) is 7.44. The van der Waals surface area contributed by atoms with E-state index in [4.69, 9.17) is 0 Å². The molecule has 4 aromatic rings. The van der Waals surface area contributed by atoms with Crippen LogP contribution >= 0.6 is 20.7 Å². The van der Waals surface area contributed by atoms with E-state index in [-0.39, 0.29) is 28.2 Å². The number of pyridine rings is 1. The Morgan fingerprint density at radius 2 is 1.82 bits per heavy atom. The number of likely N-dealkylation sites (tertiary alicyclic amines) is 1. The van der Waals surface area contributed by atoms with Crippen molar-refractivity contribution in [3.63, 3.8) is 0 Å². The number of nitrogens with zero attached hydrogens (tertiary/aromatic N) is 4. The lowest BCUT2D eigenvalue weighted by atomic mass is 10.1. The lowest BCUT2D eigenvalue weighted by molar-refractivity contribution is 0.102. The molecule has 1 fully saturated rings. The molecule has 1 aliphatic heterocycles. The maximum atomic E-state index is 14.4. The number of rotatable bonds is 7. The van der Waals surface area contributed by atoms with Gasteiger partial charge < -0.3 is 5.32 Å². The Morgan fingerprint density at radius 3 is 2.58 bits per heavy atom. The average Bonchev–Trinajstić information content (AvgIpc) is 3.44. The Balaban J connectivity index is 1.51. The quantitative estimate of drug-likeness (QED) is 0.222. The summed E-state index contributed by atoms with van der Waals surface area (Å²) >= 11 is -1.62. The summed E-state index contributed by atoms with van der Waals surface area (Å²) in [7, 11) is 1.55. The highest BCUT2D eigenvalue weighted by Crippen LogP contribution is 2.39. The molecular weight excluding hydrogens is 603 g/mol. The van der Waals surface area contributed by atoms with Crippen LogP contribution in [0, 0.1) is 0 Å². The van der Waals surface area contributed by atoms with Gasteiger partial charge in [-0.25, -0.2) is 9.97 Å². The fraction of sp³-hybridized carbons (Fsp3) is 0.250. The van der Waals surface area contributed by atoms with Crippen molar-refractivity contribution in [1.82, 2.24) is 19.4 Å². The highest BCUT2D eigenvalue weighted by Gasteiger charge is 2.28. The van der Waals surface area contributed by atoms with Gasteiger partial charge in [0.25, 0.3) is 11.5 Å². The average molecular weight is 629 g/mol. The van der Waals surface area contributed by atoms with Crippen LogP contribution in [-0.2, 0) is 17.5 Å². The van der Waals surface area contributed by atoms with Gasteiger partial charge >= 0.3 is 3.93 Å². The molecule has 1 N–H and O–H groups in total. The molecule has 2 aromatic heterocycles. The van der Waals surface area contributed by atoms with Gasteiger partial charge in [0.15, 0.2) is 0 Å². The lowest BCUT2D eigenvalue weighted by Crippen LogP contribution is -2.22. The van der Waals surface area contributed by atoms with Crippen LogP contribution in [0.1, 0.15) is 34.6 Å². The minimum atomic E-state index is -3.00.